The summed E-state index contributed by atoms with van der Waals surface area (Å²) in [6.07, 6.45) is 0. The summed E-state index contributed by atoms with van der Waals surface area (Å²) < 4.78 is 33.0. The highest BCUT2D eigenvalue weighted by Gasteiger charge is 2.44. The van der Waals surface area contributed by atoms with Crippen LogP contribution in [0.1, 0.15) is 13.8 Å². The second-order valence-electron chi connectivity index (χ2n) is 4.92. The largest absolute Gasteiger partial charge is 0.462 e. The molecule has 1 N–H and O–H groups in total. The summed E-state index contributed by atoms with van der Waals surface area (Å²) in [5.41, 5.74) is -2.59. The van der Waals surface area contributed by atoms with Gasteiger partial charge >= 0.3 is 5.97 Å². The predicted octanol–water partition coefficient (Wildman–Crippen LogP) is 2.52. The number of nitriles is 1. The maximum Gasteiger partial charge on any atom is 0.351 e. The van der Waals surface area contributed by atoms with E-state index in [1.165, 1.54) is 13.0 Å². The first-order chi connectivity index (χ1) is 10.8. The number of carbonyl (C=O) groups excluding carboxylic acids is 1. The smallest absolute Gasteiger partial charge is 0.351 e. The van der Waals surface area contributed by atoms with E-state index in [-0.39, 0.29) is 17.4 Å². The van der Waals surface area contributed by atoms with Gasteiger partial charge in [0.2, 0.25) is 0 Å². The van der Waals surface area contributed by atoms with Crippen molar-refractivity contribution in [3.05, 3.63) is 40.4 Å². The molecule has 1 fully saturated rings. The van der Waals surface area contributed by atoms with Crippen molar-refractivity contribution in [3.8, 4) is 6.07 Å². The molecule has 1 heterocycles. The summed E-state index contributed by atoms with van der Waals surface area (Å²) in [7, 11) is 0. The Balaban J connectivity index is 2.66. The molecule has 1 saturated heterocycles. The number of anilines is 1. The number of nitrogens with zero attached hydrogens (tertiary/aromatic N) is 2. The molecular weight excluding hydrogens is 326 g/mol. The molecule has 0 amide bonds. The first kappa shape index (κ1) is 17.2. The van der Waals surface area contributed by atoms with Crippen molar-refractivity contribution < 1.29 is 23.4 Å². The van der Waals surface area contributed by atoms with Crippen LogP contribution in [0.15, 0.2) is 28.8 Å². The van der Waals surface area contributed by atoms with Gasteiger partial charge in [0, 0.05) is 5.75 Å². The second kappa shape index (κ2) is 6.56. The summed E-state index contributed by atoms with van der Waals surface area (Å²) in [5, 5.41) is 19.7. The highest BCUT2D eigenvalue weighted by molar-refractivity contribution is 8.03. The third kappa shape index (κ3) is 3.16. The summed E-state index contributed by atoms with van der Waals surface area (Å²) in [6, 6.07) is 4.94. The number of thioether (sulfide) groups is 1. The molecule has 0 saturated carbocycles. The first-order valence-corrected chi connectivity index (χ1v) is 7.73. The molecule has 0 aliphatic carbocycles. The molecule has 0 spiro atoms. The number of ether oxygens (including phenoxy) is 1. The van der Waals surface area contributed by atoms with Crippen LogP contribution in [-0.2, 0) is 9.53 Å². The molecule has 0 bridgehead atoms. The van der Waals surface area contributed by atoms with Crippen LogP contribution in [0, 0.1) is 23.0 Å². The number of aliphatic hydroxyl groups is 1. The minimum Gasteiger partial charge on any atom is -0.462 e. The second-order valence-corrected chi connectivity index (χ2v) is 5.89. The van der Waals surface area contributed by atoms with E-state index in [9.17, 15) is 23.9 Å². The van der Waals surface area contributed by atoms with Crippen molar-refractivity contribution in [2.24, 2.45) is 0 Å². The third-order valence-corrected chi connectivity index (χ3v) is 4.48. The summed E-state index contributed by atoms with van der Waals surface area (Å²) >= 11 is 0.955. The van der Waals surface area contributed by atoms with E-state index in [0.29, 0.717) is 0 Å². The number of para-hydroxylation sites is 1. The van der Waals surface area contributed by atoms with Crippen LogP contribution in [0.5, 0.6) is 0 Å². The molecule has 2 rings (SSSR count). The zero-order valence-corrected chi connectivity index (χ0v) is 13.3. The molecule has 1 unspecified atom stereocenters. The van der Waals surface area contributed by atoms with Crippen molar-refractivity contribution in [1.82, 2.24) is 0 Å². The van der Waals surface area contributed by atoms with Crippen molar-refractivity contribution >= 4 is 23.4 Å². The fraction of sp³-hybridized carbons (Fsp3) is 0.333. The standard InChI is InChI=1S/C15H14F2N2O3S/c1-3-22-14(20)9(7-18)13-19(15(2,21)8-23-13)12-10(16)5-4-6-11(12)17/h4-6,21H,3,8H2,1-2H3/b13-9-. The summed E-state index contributed by atoms with van der Waals surface area (Å²) in [4.78, 5) is 12.8. The number of hydrogen-bond donors (Lipinski definition) is 1. The molecule has 1 aromatic carbocycles. The molecule has 5 nitrogen and oxygen atoms in total. The zero-order valence-electron chi connectivity index (χ0n) is 12.5. The molecule has 0 radical (unpaired) electrons. The highest BCUT2D eigenvalue weighted by Crippen LogP contribution is 2.45. The Bertz CT molecular complexity index is 693. The lowest BCUT2D eigenvalue weighted by Gasteiger charge is -2.32. The molecule has 1 aliphatic heterocycles. The van der Waals surface area contributed by atoms with Gasteiger partial charge in [-0.1, -0.05) is 6.07 Å². The van der Waals surface area contributed by atoms with Gasteiger partial charge < -0.3 is 9.84 Å². The number of carbonyl (C=O) groups is 1. The molecule has 122 valence electrons. The predicted molar refractivity (Wildman–Crippen MR) is 81.2 cm³/mol. The average molecular weight is 340 g/mol. The van der Waals surface area contributed by atoms with Gasteiger partial charge in [-0.05, 0) is 26.0 Å². The van der Waals surface area contributed by atoms with Gasteiger partial charge in [-0.2, -0.15) is 5.26 Å². The fourth-order valence-corrected chi connectivity index (χ4v) is 3.40. The molecule has 0 aromatic heterocycles. The van der Waals surface area contributed by atoms with Gasteiger partial charge in [0.15, 0.2) is 5.57 Å². The van der Waals surface area contributed by atoms with Crippen molar-refractivity contribution in [2.45, 2.75) is 19.6 Å². The topological polar surface area (TPSA) is 73.6 Å². The van der Waals surface area contributed by atoms with Gasteiger partial charge in [0.05, 0.1) is 6.61 Å². The van der Waals surface area contributed by atoms with E-state index in [0.717, 1.165) is 28.8 Å². The molecule has 1 atom stereocenters. The molecule has 1 aromatic rings. The molecule has 1 aliphatic rings. The van der Waals surface area contributed by atoms with Crippen LogP contribution >= 0.6 is 11.8 Å². The van der Waals surface area contributed by atoms with Gasteiger partial charge in [-0.25, -0.2) is 13.6 Å². The van der Waals surface area contributed by atoms with E-state index in [1.807, 2.05) is 0 Å². The Morgan fingerprint density at radius 1 is 1.52 bits per heavy atom. The molecule has 23 heavy (non-hydrogen) atoms. The van der Waals surface area contributed by atoms with Crippen LogP contribution in [0.4, 0.5) is 14.5 Å². The monoisotopic (exact) mass is 340 g/mol. The normalized spacial score (nSPS) is 22.7. The lowest BCUT2D eigenvalue weighted by atomic mass is 10.1. The zero-order chi connectivity index (χ0) is 17.2. The summed E-state index contributed by atoms with van der Waals surface area (Å²) in [6.45, 7) is 2.97. The SMILES string of the molecule is CCOC(=O)/C(C#N)=C1\SCC(C)(O)N1c1c(F)cccc1F. The number of esters is 1. The van der Waals surface area contributed by atoms with Crippen LogP contribution in [0.3, 0.4) is 0 Å². The van der Waals surface area contributed by atoms with Crippen LogP contribution < -0.4 is 4.90 Å². The summed E-state index contributed by atoms with van der Waals surface area (Å²) in [5.74, 6) is -2.70. The van der Waals surface area contributed by atoms with Crippen molar-refractivity contribution in [1.29, 1.82) is 5.26 Å². The Kier molecular flexibility index (Phi) is 4.92. The molecule has 8 heteroatoms. The Labute approximate surface area is 136 Å². The third-order valence-electron chi connectivity index (χ3n) is 3.13. The van der Waals surface area contributed by atoms with E-state index >= 15 is 0 Å². The quantitative estimate of drug-likeness (QED) is 0.518. The van der Waals surface area contributed by atoms with Crippen LogP contribution in [0.2, 0.25) is 0 Å². The first-order valence-electron chi connectivity index (χ1n) is 6.74. The highest BCUT2D eigenvalue weighted by atomic mass is 32.2. The number of rotatable bonds is 3. The van der Waals surface area contributed by atoms with Gasteiger partial charge in [-0.3, -0.25) is 4.90 Å². The van der Waals surface area contributed by atoms with E-state index < -0.39 is 34.6 Å². The maximum atomic E-state index is 14.1. The van der Waals surface area contributed by atoms with E-state index in [1.54, 1.807) is 13.0 Å². The maximum absolute atomic E-state index is 14.1. The minimum absolute atomic E-state index is 0.0285. The Hall–Kier alpha value is -2.11. The number of hydrogen-bond acceptors (Lipinski definition) is 6. The average Bonchev–Trinajstić information content (AvgIpc) is 2.77. The lowest BCUT2D eigenvalue weighted by molar-refractivity contribution is -0.138. The van der Waals surface area contributed by atoms with Crippen LogP contribution in [0.25, 0.3) is 0 Å². The molecular formula is C15H14F2N2O3S. The lowest BCUT2D eigenvalue weighted by Crippen LogP contribution is -2.43. The van der Waals surface area contributed by atoms with E-state index in [4.69, 9.17) is 4.74 Å². The van der Waals surface area contributed by atoms with Gasteiger partial charge in [0.1, 0.15) is 34.1 Å². The fourth-order valence-electron chi connectivity index (χ4n) is 2.17. The van der Waals surface area contributed by atoms with Crippen molar-refractivity contribution in [3.63, 3.8) is 0 Å². The van der Waals surface area contributed by atoms with E-state index in [2.05, 4.69) is 0 Å². The Morgan fingerprint density at radius 3 is 2.65 bits per heavy atom. The van der Waals surface area contributed by atoms with Crippen molar-refractivity contribution in [2.75, 3.05) is 17.3 Å². The van der Waals surface area contributed by atoms with Gasteiger partial charge in [-0.15, -0.1) is 11.8 Å². The number of halogens is 2. The number of benzene rings is 1. The minimum atomic E-state index is -1.67. The van der Waals surface area contributed by atoms with Crippen LogP contribution in [-0.4, -0.2) is 29.2 Å². The van der Waals surface area contributed by atoms with Gasteiger partial charge in [0.25, 0.3) is 0 Å². The Morgan fingerprint density at radius 2 is 2.13 bits per heavy atom.